The van der Waals surface area contributed by atoms with E-state index in [2.05, 4.69) is 61.5 Å². The molecule has 0 bridgehead atoms. The SMILES string of the molecule is CCCC/C=C/CCCCCCCc1ccc2ccccc2c1. The first-order chi connectivity index (χ1) is 11.4. The molecule has 0 saturated heterocycles. The van der Waals surface area contributed by atoms with Crippen molar-refractivity contribution in [3.8, 4) is 0 Å². The number of rotatable bonds is 11. The van der Waals surface area contributed by atoms with Crippen LogP contribution < -0.4 is 0 Å². The van der Waals surface area contributed by atoms with Gasteiger partial charge in [-0.3, -0.25) is 0 Å². The zero-order valence-corrected chi connectivity index (χ0v) is 14.8. The van der Waals surface area contributed by atoms with Crippen molar-refractivity contribution in [3.05, 3.63) is 60.2 Å². The van der Waals surface area contributed by atoms with Gasteiger partial charge in [0.25, 0.3) is 0 Å². The highest BCUT2D eigenvalue weighted by molar-refractivity contribution is 5.82. The molecule has 0 aromatic heterocycles. The van der Waals surface area contributed by atoms with Crippen molar-refractivity contribution in [2.75, 3.05) is 0 Å². The van der Waals surface area contributed by atoms with E-state index in [1.54, 1.807) is 0 Å². The van der Waals surface area contributed by atoms with Gasteiger partial charge in [0.15, 0.2) is 0 Å². The average Bonchev–Trinajstić information content (AvgIpc) is 2.59. The molecule has 0 radical (unpaired) electrons. The van der Waals surface area contributed by atoms with Gasteiger partial charge >= 0.3 is 0 Å². The van der Waals surface area contributed by atoms with Gasteiger partial charge in [-0.2, -0.15) is 0 Å². The summed E-state index contributed by atoms with van der Waals surface area (Å²) in [4.78, 5) is 0. The lowest BCUT2D eigenvalue weighted by Gasteiger charge is -2.04. The first-order valence-corrected chi connectivity index (χ1v) is 9.53. The van der Waals surface area contributed by atoms with Crippen molar-refractivity contribution in [3.63, 3.8) is 0 Å². The molecule has 23 heavy (non-hydrogen) atoms. The van der Waals surface area contributed by atoms with Crippen LogP contribution in [-0.2, 0) is 6.42 Å². The Bertz CT molecular complexity index is 579. The molecule has 0 spiro atoms. The molecular formula is C23H32. The van der Waals surface area contributed by atoms with E-state index in [1.807, 2.05) is 0 Å². The van der Waals surface area contributed by atoms with Crippen LogP contribution in [0.5, 0.6) is 0 Å². The number of benzene rings is 2. The summed E-state index contributed by atoms with van der Waals surface area (Å²) in [5, 5.41) is 2.73. The van der Waals surface area contributed by atoms with E-state index >= 15 is 0 Å². The summed E-state index contributed by atoms with van der Waals surface area (Å²) in [7, 11) is 0. The molecule has 124 valence electrons. The van der Waals surface area contributed by atoms with Crippen molar-refractivity contribution in [2.45, 2.75) is 71.1 Å². The fourth-order valence-electron chi connectivity index (χ4n) is 3.07. The minimum absolute atomic E-state index is 1.22. The Morgan fingerprint density at radius 1 is 0.696 bits per heavy atom. The van der Waals surface area contributed by atoms with Crippen molar-refractivity contribution < 1.29 is 0 Å². The van der Waals surface area contributed by atoms with Gasteiger partial charge < -0.3 is 0 Å². The summed E-state index contributed by atoms with van der Waals surface area (Å²) in [6.45, 7) is 2.26. The zero-order chi connectivity index (χ0) is 16.2. The quantitative estimate of drug-likeness (QED) is 0.298. The number of aryl methyl sites for hydroxylation is 1. The molecule has 2 rings (SSSR count). The molecule has 0 aliphatic carbocycles. The molecule has 0 nitrogen and oxygen atoms in total. The largest absolute Gasteiger partial charge is 0.0885 e. The molecule has 0 heteroatoms. The molecule has 2 aromatic carbocycles. The minimum Gasteiger partial charge on any atom is -0.0885 e. The number of unbranched alkanes of at least 4 members (excludes halogenated alkanes) is 7. The van der Waals surface area contributed by atoms with Crippen molar-refractivity contribution in [1.82, 2.24) is 0 Å². The van der Waals surface area contributed by atoms with E-state index in [-0.39, 0.29) is 0 Å². The normalized spacial score (nSPS) is 11.5. The predicted octanol–water partition coefficient (Wildman–Crippen LogP) is 7.47. The van der Waals surface area contributed by atoms with Gasteiger partial charge in [-0.15, -0.1) is 0 Å². The highest BCUT2D eigenvalue weighted by Gasteiger charge is 1.97. The van der Waals surface area contributed by atoms with Crippen LogP contribution in [0.4, 0.5) is 0 Å². The average molecular weight is 309 g/mol. The molecule has 0 aliphatic heterocycles. The number of hydrogen-bond acceptors (Lipinski definition) is 0. The number of hydrogen-bond donors (Lipinski definition) is 0. The molecule has 0 heterocycles. The van der Waals surface area contributed by atoms with Crippen LogP contribution in [-0.4, -0.2) is 0 Å². The maximum Gasteiger partial charge on any atom is -0.0181 e. The van der Waals surface area contributed by atoms with E-state index in [0.29, 0.717) is 0 Å². The predicted molar refractivity (Wildman–Crippen MR) is 104 cm³/mol. The van der Waals surface area contributed by atoms with Crippen LogP contribution in [0.2, 0.25) is 0 Å². The Balaban J connectivity index is 1.54. The summed E-state index contributed by atoms with van der Waals surface area (Å²) in [5.74, 6) is 0. The maximum absolute atomic E-state index is 2.38. The van der Waals surface area contributed by atoms with Crippen LogP contribution in [0.1, 0.15) is 70.3 Å². The maximum atomic E-state index is 2.38. The van der Waals surface area contributed by atoms with Crippen LogP contribution in [0.15, 0.2) is 54.6 Å². The Hall–Kier alpha value is -1.56. The van der Waals surface area contributed by atoms with Crippen LogP contribution >= 0.6 is 0 Å². The lowest BCUT2D eigenvalue weighted by molar-refractivity contribution is 0.617. The molecule has 0 unspecified atom stereocenters. The first-order valence-electron chi connectivity index (χ1n) is 9.53. The first kappa shape index (κ1) is 17.8. The fraction of sp³-hybridized carbons (Fsp3) is 0.478. The zero-order valence-electron chi connectivity index (χ0n) is 14.8. The van der Waals surface area contributed by atoms with E-state index in [4.69, 9.17) is 0 Å². The molecule has 0 atom stereocenters. The summed E-state index contributed by atoms with van der Waals surface area (Å²) in [5.41, 5.74) is 1.49. The van der Waals surface area contributed by atoms with Gasteiger partial charge in [0.05, 0.1) is 0 Å². The lowest BCUT2D eigenvalue weighted by Crippen LogP contribution is -1.86. The van der Waals surface area contributed by atoms with Crippen LogP contribution in [0.25, 0.3) is 10.8 Å². The van der Waals surface area contributed by atoms with Crippen molar-refractivity contribution in [2.24, 2.45) is 0 Å². The van der Waals surface area contributed by atoms with Gasteiger partial charge in [0.1, 0.15) is 0 Å². The monoisotopic (exact) mass is 308 g/mol. The molecule has 2 aromatic rings. The third-order valence-electron chi connectivity index (χ3n) is 4.54. The van der Waals surface area contributed by atoms with Crippen molar-refractivity contribution >= 4 is 10.8 Å². The molecule has 0 fully saturated rings. The van der Waals surface area contributed by atoms with E-state index in [1.165, 1.54) is 80.5 Å². The van der Waals surface area contributed by atoms with Gasteiger partial charge in [-0.25, -0.2) is 0 Å². The third kappa shape index (κ3) is 7.03. The second-order valence-electron chi connectivity index (χ2n) is 6.60. The number of allylic oxidation sites excluding steroid dienone is 2. The second-order valence-corrected chi connectivity index (χ2v) is 6.60. The lowest BCUT2D eigenvalue weighted by atomic mass is 10.0. The van der Waals surface area contributed by atoms with Crippen molar-refractivity contribution in [1.29, 1.82) is 0 Å². The highest BCUT2D eigenvalue weighted by atomic mass is 14.0. The standard InChI is InChI=1S/C23H32/c1-2-3-4-5-6-7-8-9-10-11-12-15-21-18-19-22-16-13-14-17-23(22)20-21/h5-6,13-14,16-20H,2-4,7-12,15H2,1H3/b6-5+. The van der Waals surface area contributed by atoms with Gasteiger partial charge in [0.2, 0.25) is 0 Å². The Labute approximate surface area is 142 Å². The Kier molecular flexibility index (Phi) is 8.55. The molecular weight excluding hydrogens is 276 g/mol. The van der Waals surface area contributed by atoms with Gasteiger partial charge in [-0.05, 0) is 48.4 Å². The highest BCUT2D eigenvalue weighted by Crippen LogP contribution is 2.17. The fourth-order valence-corrected chi connectivity index (χ4v) is 3.07. The van der Waals surface area contributed by atoms with E-state index in [9.17, 15) is 0 Å². The van der Waals surface area contributed by atoms with Crippen LogP contribution in [0.3, 0.4) is 0 Å². The Morgan fingerprint density at radius 2 is 1.39 bits per heavy atom. The summed E-state index contributed by atoms with van der Waals surface area (Å²) in [6.07, 6.45) is 18.0. The smallest absolute Gasteiger partial charge is 0.0181 e. The minimum atomic E-state index is 1.22. The Morgan fingerprint density at radius 3 is 2.22 bits per heavy atom. The molecule has 0 N–H and O–H groups in total. The topological polar surface area (TPSA) is 0 Å². The number of fused-ring (bicyclic) bond motifs is 1. The summed E-state index contributed by atoms with van der Waals surface area (Å²) < 4.78 is 0. The molecule has 0 saturated carbocycles. The molecule has 0 aliphatic rings. The van der Waals surface area contributed by atoms with E-state index < -0.39 is 0 Å². The van der Waals surface area contributed by atoms with E-state index in [0.717, 1.165) is 0 Å². The summed E-state index contributed by atoms with van der Waals surface area (Å²) in [6, 6.07) is 15.6. The third-order valence-corrected chi connectivity index (χ3v) is 4.54. The summed E-state index contributed by atoms with van der Waals surface area (Å²) >= 11 is 0. The molecule has 0 amide bonds. The van der Waals surface area contributed by atoms with Gasteiger partial charge in [0, 0.05) is 0 Å². The second kappa shape index (κ2) is 11.0. The van der Waals surface area contributed by atoms with Crippen LogP contribution in [0, 0.1) is 0 Å². The van der Waals surface area contributed by atoms with Gasteiger partial charge in [-0.1, -0.05) is 93.6 Å².